The summed E-state index contributed by atoms with van der Waals surface area (Å²) in [4.78, 5) is 31.5. The number of amides is 2. The first kappa shape index (κ1) is 26.0. The van der Waals surface area contributed by atoms with Crippen LogP contribution in [0.25, 0.3) is 16.9 Å². The highest BCUT2D eigenvalue weighted by molar-refractivity contribution is 6.34. The van der Waals surface area contributed by atoms with Crippen molar-refractivity contribution < 1.29 is 24.2 Å². The van der Waals surface area contributed by atoms with Gasteiger partial charge in [0, 0.05) is 31.4 Å². The number of pyridine rings is 1. The molecule has 0 aliphatic rings. The summed E-state index contributed by atoms with van der Waals surface area (Å²) < 4.78 is 16.0. The van der Waals surface area contributed by atoms with Gasteiger partial charge in [0.25, 0.3) is 11.8 Å². The number of aliphatic hydroxyl groups is 2. The molecule has 0 saturated carbocycles. The molecule has 0 fully saturated rings. The second kappa shape index (κ2) is 11.3. The van der Waals surface area contributed by atoms with Gasteiger partial charge in [0.05, 0.1) is 34.7 Å². The van der Waals surface area contributed by atoms with Crippen molar-refractivity contribution in [3.05, 3.63) is 95.0 Å². The number of rotatable bonds is 8. The predicted molar refractivity (Wildman–Crippen MR) is 136 cm³/mol. The van der Waals surface area contributed by atoms with Gasteiger partial charge in [-0.25, -0.2) is 9.07 Å². The maximum absolute atomic E-state index is 14.6. The van der Waals surface area contributed by atoms with E-state index in [9.17, 15) is 19.1 Å². The van der Waals surface area contributed by atoms with Crippen molar-refractivity contribution in [1.82, 2.24) is 19.7 Å². The Hall–Kier alpha value is -4.12. The van der Waals surface area contributed by atoms with Gasteiger partial charge < -0.3 is 20.4 Å². The highest BCUT2D eigenvalue weighted by atomic mass is 35.5. The summed E-state index contributed by atoms with van der Waals surface area (Å²) >= 11 is 6.22. The second-order valence-corrected chi connectivity index (χ2v) is 8.57. The molecule has 190 valence electrons. The minimum atomic E-state index is -1.11. The number of nitrogens with zero attached hydrogens (tertiary/aromatic N) is 4. The molecule has 4 aromatic rings. The fourth-order valence-corrected chi connectivity index (χ4v) is 3.85. The van der Waals surface area contributed by atoms with Crippen LogP contribution in [-0.4, -0.2) is 68.0 Å². The van der Waals surface area contributed by atoms with Gasteiger partial charge in [0.15, 0.2) is 5.69 Å². The molecule has 3 N–H and O–H groups in total. The van der Waals surface area contributed by atoms with Gasteiger partial charge in [-0.15, -0.1) is 0 Å². The van der Waals surface area contributed by atoms with E-state index in [0.717, 1.165) is 6.07 Å². The third-order valence-electron chi connectivity index (χ3n) is 5.46. The van der Waals surface area contributed by atoms with E-state index in [1.54, 1.807) is 48.5 Å². The zero-order valence-corrected chi connectivity index (χ0v) is 20.4. The second-order valence-electron chi connectivity index (χ2n) is 8.17. The van der Waals surface area contributed by atoms with Crippen molar-refractivity contribution in [2.75, 3.05) is 25.5 Å². The monoisotopic (exact) mass is 523 g/mol. The van der Waals surface area contributed by atoms with E-state index in [-0.39, 0.29) is 34.2 Å². The number of carbonyl (C=O) groups excluding carboxylic acids is 2. The SMILES string of the molecule is CN(CC(O)CO)C(=O)c1cc(NC(=O)c2cc(-c3ccccn3)c(F)cc2Cl)n(-c2ccccc2)n1. The summed E-state index contributed by atoms with van der Waals surface area (Å²) in [5, 5.41) is 25.7. The third kappa shape index (κ3) is 5.83. The van der Waals surface area contributed by atoms with E-state index in [0.29, 0.717) is 11.4 Å². The van der Waals surface area contributed by atoms with E-state index in [1.165, 1.54) is 35.0 Å². The van der Waals surface area contributed by atoms with Crippen LogP contribution in [-0.2, 0) is 0 Å². The van der Waals surface area contributed by atoms with Gasteiger partial charge in [-0.2, -0.15) is 5.10 Å². The molecule has 2 aromatic carbocycles. The lowest BCUT2D eigenvalue weighted by molar-refractivity contribution is 0.0516. The Labute approximate surface area is 216 Å². The molecule has 9 nitrogen and oxygen atoms in total. The van der Waals surface area contributed by atoms with Crippen molar-refractivity contribution in [3.63, 3.8) is 0 Å². The molecule has 4 rings (SSSR count). The van der Waals surface area contributed by atoms with E-state index in [1.807, 2.05) is 0 Å². The van der Waals surface area contributed by atoms with Crippen LogP contribution in [0.1, 0.15) is 20.8 Å². The van der Waals surface area contributed by atoms with Gasteiger partial charge >= 0.3 is 0 Å². The summed E-state index contributed by atoms with van der Waals surface area (Å²) in [5.74, 6) is -1.65. The van der Waals surface area contributed by atoms with Crippen molar-refractivity contribution in [2.45, 2.75) is 6.10 Å². The molecule has 0 bridgehead atoms. The van der Waals surface area contributed by atoms with E-state index >= 15 is 0 Å². The fourth-order valence-electron chi connectivity index (χ4n) is 3.62. The molecular formula is C26H23ClFN5O4. The first-order valence-corrected chi connectivity index (χ1v) is 11.6. The Bertz CT molecular complexity index is 1420. The van der Waals surface area contributed by atoms with Crippen molar-refractivity contribution in [2.24, 2.45) is 0 Å². The van der Waals surface area contributed by atoms with Crippen LogP contribution >= 0.6 is 11.6 Å². The zero-order valence-electron chi connectivity index (χ0n) is 19.7. The van der Waals surface area contributed by atoms with Gasteiger partial charge in [-0.3, -0.25) is 14.6 Å². The highest BCUT2D eigenvalue weighted by Gasteiger charge is 2.23. The third-order valence-corrected chi connectivity index (χ3v) is 5.77. The van der Waals surface area contributed by atoms with Gasteiger partial charge in [-0.05, 0) is 36.4 Å². The summed E-state index contributed by atoms with van der Waals surface area (Å²) in [6.07, 6.45) is 0.398. The van der Waals surface area contributed by atoms with Crippen LogP contribution in [0, 0.1) is 5.82 Å². The largest absolute Gasteiger partial charge is 0.394 e. The predicted octanol–water partition coefficient (Wildman–Crippen LogP) is 3.40. The molecule has 2 amide bonds. The molecule has 0 radical (unpaired) electrons. The molecule has 2 heterocycles. The van der Waals surface area contributed by atoms with Crippen molar-refractivity contribution in [1.29, 1.82) is 0 Å². The zero-order chi connectivity index (χ0) is 26.5. The Morgan fingerprint density at radius 1 is 1.14 bits per heavy atom. The van der Waals surface area contributed by atoms with E-state index in [4.69, 9.17) is 16.7 Å². The average molecular weight is 524 g/mol. The fraction of sp³-hybridized carbons (Fsp3) is 0.154. The van der Waals surface area contributed by atoms with Gasteiger partial charge in [0.1, 0.15) is 11.6 Å². The van der Waals surface area contributed by atoms with Crippen LogP contribution in [0.5, 0.6) is 0 Å². The lowest BCUT2D eigenvalue weighted by Gasteiger charge is -2.18. The highest BCUT2D eigenvalue weighted by Crippen LogP contribution is 2.28. The summed E-state index contributed by atoms with van der Waals surface area (Å²) in [6.45, 7) is -0.618. The first-order chi connectivity index (χ1) is 17.8. The van der Waals surface area contributed by atoms with Crippen LogP contribution in [0.2, 0.25) is 5.02 Å². The quantitative estimate of drug-likeness (QED) is 0.325. The number of halogens is 2. The van der Waals surface area contributed by atoms with Crippen molar-refractivity contribution in [3.8, 4) is 16.9 Å². The normalized spacial score (nSPS) is 11.7. The summed E-state index contributed by atoms with van der Waals surface area (Å²) in [5.41, 5.74) is 0.994. The molecule has 2 aromatic heterocycles. The Kier molecular flexibility index (Phi) is 7.92. The maximum atomic E-state index is 14.6. The van der Waals surface area contributed by atoms with E-state index < -0.39 is 30.3 Å². The average Bonchev–Trinajstić information content (AvgIpc) is 3.32. The van der Waals surface area contributed by atoms with Crippen LogP contribution in [0.4, 0.5) is 10.2 Å². The Balaban J connectivity index is 1.69. The standard InChI is InChI=1S/C26H23ClFN5O4/c1-32(14-17(35)15-34)26(37)23-13-24(33(31-23)16-7-3-2-4-8-16)30-25(36)18-11-19(21(28)12-20(18)27)22-9-5-6-10-29-22/h2-13,17,34-35H,14-15H2,1H3,(H,30,36). The van der Waals surface area contributed by atoms with Gasteiger partial charge in [0.2, 0.25) is 0 Å². The molecule has 0 spiro atoms. The topological polar surface area (TPSA) is 121 Å². The number of aromatic nitrogens is 3. The Morgan fingerprint density at radius 3 is 2.54 bits per heavy atom. The lowest BCUT2D eigenvalue weighted by Crippen LogP contribution is -2.36. The van der Waals surface area contributed by atoms with Crippen LogP contribution in [0.3, 0.4) is 0 Å². The number of nitrogens with one attached hydrogen (secondary N) is 1. The minimum absolute atomic E-state index is 0.000550. The first-order valence-electron chi connectivity index (χ1n) is 11.2. The molecule has 0 aliphatic carbocycles. The Morgan fingerprint density at radius 2 is 1.86 bits per heavy atom. The number of benzene rings is 2. The summed E-state index contributed by atoms with van der Waals surface area (Å²) in [6, 6.07) is 17.6. The number of aliphatic hydroxyl groups excluding tert-OH is 2. The molecular weight excluding hydrogens is 501 g/mol. The number of carbonyl (C=O) groups is 2. The number of hydrogen-bond donors (Lipinski definition) is 3. The number of anilines is 1. The molecule has 0 aliphatic heterocycles. The molecule has 37 heavy (non-hydrogen) atoms. The van der Waals surface area contributed by atoms with Crippen LogP contribution < -0.4 is 5.32 Å². The van der Waals surface area contributed by atoms with Crippen molar-refractivity contribution >= 4 is 29.2 Å². The number of para-hydroxylation sites is 1. The van der Waals surface area contributed by atoms with Crippen LogP contribution in [0.15, 0.2) is 72.9 Å². The molecule has 0 saturated heterocycles. The van der Waals surface area contributed by atoms with Gasteiger partial charge in [-0.1, -0.05) is 35.9 Å². The maximum Gasteiger partial charge on any atom is 0.274 e. The number of likely N-dealkylation sites (N-methyl/N-ethyl adjacent to an activating group) is 1. The minimum Gasteiger partial charge on any atom is -0.394 e. The molecule has 1 atom stereocenters. The summed E-state index contributed by atoms with van der Waals surface area (Å²) in [7, 11) is 1.46. The van der Waals surface area contributed by atoms with E-state index in [2.05, 4.69) is 15.4 Å². The molecule has 11 heteroatoms. The number of hydrogen-bond acceptors (Lipinski definition) is 6. The lowest BCUT2D eigenvalue weighted by atomic mass is 10.1. The smallest absolute Gasteiger partial charge is 0.274 e. The molecule has 1 unspecified atom stereocenters.